The molecule has 84 valence electrons. The monoisotopic (exact) mass is 215 g/mol. The first kappa shape index (κ1) is 10.9. The molecule has 0 radical (unpaired) electrons. The van der Waals surface area contributed by atoms with Crippen LogP contribution in [0.3, 0.4) is 0 Å². The predicted octanol–water partition coefficient (Wildman–Crippen LogP) is 1.89. The molecule has 0 fully saturated rings. The highest BCUT2D eigenvalue weighted by atomic mass is 15.1. The van der Waals surface area contributed by atoms with Crippen LogP contribution < -0.4 is 10.2 Å². The Morgan fingerprint density at radius 3 is 2.88 bits per heavy atom. The van der Waals surface area contributed by atoms with Crippen LogP contribution in [0.1, 0.15) is 0 Å². The second-order valence-corrected chi connectivity index (χ2v) is 3.90. The maximum Gasteiger partial charge on any atom is 0.0630 e. The van der Waals surface area contributed by atoms with Gasteiger partial charge in [0, 0.05) is 37.1 Å². The molecule has 3 nitrogen and oxygen atoms in total. The Morgan fingerprint density at radius 1 is 1.25 bits per heavy atom. The molecule has 1 heterocycles. The number of rotatable bonds is 4. The maximum atomic E-state index is 4.28. The van der Waals surface area contributed by atoms with Gasteiger partial charge in [-0.3, -0.25) is 4.98 Å². The smallest absolute Gasteiger partial charge is 0.0630 e. The van der Waals surface area contributed by atoms with Crippen LogP contribution in [0.5, 0.6) is 0 Å². The third kappa shape index (κ3) is 2.14. The Labute approximate surface area is 96.1 Å². The van der Waals surface area contributed by atoms with Crippen LogP contribution in [0.2, 0.25) is 0 Å². The third-order valence-electron chi connectivity index (χ3n) is 2.76. The molecule has 1 aromatic heterocycles. The van der Waals surface area contributed by atoms with E-state index in [1.807, 2.05) is 25.5 Å². The fourth-order valence-electron chi connectivity index (χ4n) is 1.80. The molecule has 0 saturated carbocycles. The summed E-state index contributed by atoms with van der Waals surface area (Å²) in [5.41, 5.74) is 1.19. The zero-order valence-electron chi connectivity index (χ0n) is 9.77. The van der Waals surface area contributed by atoms with E-state index in [-0.39, 0.29) is 0 Å². The van der Waals surface area contributed by atoms with E-state index in [9.17, 15) is 0 Å². The fraction of sp³-hybridized carbons (Fsp3) is 0.308. The van der Waals surface area contributed by atoms with E-state index in [1.54, 1.807) is 0 Å². The van der Waals surface area contributed by atoms with Crippen LogP contribution in [0, 0.1) is 0 Å². The van der Waals surface area contributed by atoms with E-state index in [1.165, 1.54) is 16.5 Å². The SMILES string of the molecule is CNCCN(C)c1cncc2ccccc12. The molecule has 2 aromatic rings. The molecule has 0 unspecified atom stereocenters. The molecule has 0 bridgehead atoms. The minimum Gasteiger partial charge on any atom is -0.372 e. The topological polar surface area (TPSA) is 28.2 Å². The van der Waals surface area contributed by atoms with Gasteiger partial charge < -0.3 is 10.2 Å². The largest absolute Gasteiger partial charge is 0.372 e. The fourth-order valence-corrected chi connectivity index (χ4v) is 1.80. The van der Waals surface area contributed by atoms with Crippen molar-refractivity contribution in [1.82, 2.24) is 10.3 Å². The Balaban J connectivity index is 2.36. The Kier molecular flexibility index (Phi) is 3.37. The quantitative estimate of drug-likeness (QED) is 0.844. The van der Waals surface area contributed by atoms with Gasteiger partial charge in [0.25, 0.3) is 0 Å². The first-order valence-electron chi connectivity index (χ1n) is 5.51. The second-order valence-electron chi connectivity index (χ2n) is 3.90. The molecule has 0 aliphatic carbocycles. The average molecular weight is 215 g/mol. The van der Waals surface area contributed by atoms with Crippen molar-refractivity contribution in [1.29, 1.82) is 0 Å². The molecule has 0 atom stereocenters. The van der Waals surface area contributed by atoms with Crippen LogP contribution in [-0.2, 0) is 0 Å². The van der Waals surface area contributed by atoms with Crippen molar-refractivity contribution >= 4 is 16.5 Å². The molecular formula is C13H17N3. The van der Waals surface area contributed by atoms with Crippen LogP contribution in [0.15, 0.2) is 36.7 Å². The summed E-state index contributed by atoms with van der Waals surface area (Å²) in [5, 5.41) is 5.61. The summed E-state index contributed by atoms with van der Waals surface area (Å²) >= 11 is 0. The highest BCUT2D eigenvalue weighted by molar-refractivity contribution is 5.93. The van der Waals surface area contributed by atoms with Crippen LogP contribution in [-0.4, -0.2) is 32.2 Å². The lowest BCUT2D eigenvalue weighted by Crippen LogP contribution is -2.27. The van der Waals surface area contributed by atoms with Gasteiger partial charge in [0.1, 0.15) is 0 Å². The third-order valence-corrected chi connectivity index (χ3v) is 2.76. The van der Waals surface area contributed by atoms with Gasteiger partial charge in [0.05, 0.1) is 11.9 Å². The molecule has 0 saturated heterocycles. The van der Waals surface area contributed by atoms with Gasteiger partial charge in [-0.1, -0.05) is 24.3 Å². The standard InChI is InChI=1S/C13H17N3/c1-14-7-8-16(2)13-10-15-9-11-5-3-4-6-12(11)13/h3-6,9-10,14H,7-8H2,1-2H3. The molecule has 2 rings (SSSR count). The summed E-state index contributed by atoms with van der Waals surface area (Å²) in [6.07, 6.45) is 3.84. The molecule has 3 heteroatoms. The van der Waals surface area contributed by atoms with Gasteiger partial charge >= 0.3 is 0 Å². The first-order valence-corrected chi connectivity index (χ1v) is 5.51. The van der Waals surface area contributed by atoms with E-state index < -0.39 is 0 Å². The van der Waals surface area contributed by atoms with E-state index in [0.717, 1.165) is 13.1 Å². The number of hydrogen-bond donors (Lipinski definition) is 1. The Bertz CT molecular complexity index is 462. The van der Waals surface area contributed by atoms with Crippen molar-refractivity contribution in [3.63, 3.8) is 0 Å². The van der Waals surface area contributed by atoms with Gasteiger partial charge in [-0.2, -0.15) is 0 Å². The van der Waals surface area contributed by atoms with Crippen molar-refractivity contribution in [3.05, 3.63) is 36.7 Å². The Morgan fingerprint density at radius 2 is 2.06 bits per heavy atom. The molecule has 1 N–H and O–H groups in total. The highest BCUT2D eigenvalue weighted by Gasteiger charge is 2.05. The molecule has 0 spiro atoms. The first-order chi connectivity index (χ1) is 7.83. The van der Waals surface area contributed by atoms with Crippen LogP contribution in [0.4, 0.5) is 5.69 Å². The number of likely N-dealkylation sites (N-methyl/N-ethyl adjacent to an activating group) is 2. The lowest BCUT2D eigenvalue weighted by molar-refractivity contribution is 0.768. The van der Waals surface area contributed by atoms with E-state index in [2.05, 4.69) is 40.4 Å². The number of fused-ring (bicyclic) bond motifs is 1. The molecule has 16 heavy (non-hydrogen) atoms. The van der Waals surface area contributed by atoms with Gasteiger partial charge in [-0.25, -0.2) is 0 Å². The number of benzene rings is 1. The van der Waals surface area contributed by atoms with Gasteiger partial charge in [0.2, 0.25) is 0 Å². The van der Waals surface area contributed by atoms with Gasteiger partial charge in [0.15, 0.2) is 0 Å². The van der Waals surface area contributed by atoms with Crippen molar-refractivity contribution in [2.45, 2.75) is 0 Å². The zero-order valence-corrected chi connectivity index (χ0v) is 9.77. The van der Waals surface area contributed by atoms with Crippen LogP contribution in [0.25, 0.3) is 10.8 Å². The number of nitrogens with one attached hydrogen (secondary N) is 1. The lowest BCUT2D eigenvalue weighted by atomic mass is 10.1. The van der Waals surface area contributed by atoms with E-state index in [0.29, 0.717) is 0 Å². The average Bonchev–Trinajstić information content (AvgIpc) is 2.35. The van der Waals surface area contributed by atoms with Crippen molar-refractivity contribution in [2.75, 3.05) is 32.1 Å². The number of anilines is 1. The van der Waals surface area contributed by atoms with E-state index in [4.69, 9.17) is 0 Å². The van der Waals surface area contributed by atoms with E-state index >= 15 is 0 Å². The van der Waals surface area contributed by atoms with Crippen molar-refractivity contribution in [3.8, 4) is 0 Å². The molecule has 0 aliphatic rings. The minimum absolute atomic E-state index is 0.972. The van der Waals surface area contributed by atoms with Gasteiger partial charge in [-0.05, 0) is 7.05 Å². The zero-order chi connectivity index (χ0) is 11.4. The molecular weight excluding hydrogens is 198 g/mol. The minimum atomic E-state index is 0.972. The number of aromatic nitrogens is 1. The molecule has 0 amide bonds. The highest BCUT2D eigenvalue weighted by Crippen LogP contribution is 2.23. The normalized spacial score (nSPS) is 10.6. The van der Waals surface area contributed by atoms with Crippen molar-refractivity contribution < 1.29 is 0 Å². The summed E-state index contributed by atoms with van der Waals surface area (Å²) < 4.78 is 0. The summed E-state index contributed by atoms with van der Waals surface area (Å²) in [4.78, 5) is 6.51. The predicted molar refractivity (Wildman–Crippen MR) is 68.9 cm³/mol. The number of pyridine rings is 1. The second kappa shape index (κ2) is 4.94. The lowest BCUT2D eigenvalue weighted by Gasteiger charge is -2.20. The van der Waals surface area contributed by atoms with Crippen molar-refractivity contribution in [2.24, 2.45) is 0 Å². The summed E-state index contributed by atoms with van der Waals surface area (Å²) in [5.74, 6) is 0. The van der Waals surface area contributed by atoms with Crippen LogP contribution >= 0.6 is 0 Å². The number of nitrogens with zero attached hydrogens (tertiary/aromatic N) is 2. The summed E-state index contributed by atoms with van der Waals surface area (Å²) in [6.45, 7) is 1.95. The van der Waals surface area contributed by atoms with Gasteiger partial charge in [-0.15, -0.1) is 0 Å². The summed E-state index contributed by atoms with van der Waals surface area (Å²) in [6, 6.07) is 8.35. The summed E-state index contributed by atoms with van der Waals surface area (Å²) in [7, 11) is 4.07. The molecule has 0 aliphatic heterocycles. The maximum absolute atomic E-state index is 4.28. The number of hydrogen-bond acceptors (Lipinski definition) is 3. The Hall–Kier alpha value is -1.61. The molecule has 1 aromatic carbocycles.